The van der Waals surface area contributed by atoms with E-state index < -0.39 is 0 Å². The standard InChI is InChI=1S/C14H15N3/c1-3-10(2)17-14-11(8-15)9-16-13-7-5-4-6-12(13)14/h4-7,9-10H,3H2,1-2H3,(H,16,17)/t10-/m0/s1. The molecule has 0 radical (unpaired) electrons. The highest BCUT2D eigenvalue weighted by molar-refractivity contribution is 5.93. The predicted octanol–water partition coefficient (Wildman–Crippen LogP) is 3.32. The normalized spacial score (nSPS) is 12.1. The third-order valence-electron chi connectivity index (χ3n) is 2.90. The summed E-state index contributed by atoms with van der Waals surface area (Å²) in [6.45, 7) is 4.23. The van der Waals surface area contributed by atoms with Crippen LogP contribution in [0.4, 0.5) is 5.69 Å². The number of aromatic nitrogens is 1. The average Bonchev–Trinajstić information content (AvgIpc) is 2.39. The van der Waals surface area contributed by atoms with E-state index in [1.165, 1.54) is 0 Å². The van der Waals surface area contributed by atoms with E-state index in [0.29, 0.717) is 11.6 Å². The maximum Gasteiger partial charge on any atom is 0.103 e. The lowest BCUT2D eigenvalue weighted by Gasteiger charge is -2.16. The van der Waals surface area contributed by atoms with Gasteiger partial charge < -0.3 is 5.32 Å². The molecule has 0 amide bonds. The third-order valence-corrected chi connectivity index (χ3v) is 2.90. The monoisotopic (exact) mass is 225 g/mol. The number of nitrogens with one attached hydrogen (secondary N) is 1. The van der Waals surface area contributed by atoms with Crippen molar-refractivity contribution in [2.24, 2.45) is 0 Å². The SMILES string of the molecule is CC[C@H](C)Nc1c(C#N)cnc2ccccc12. The molecule has 1 atom stereocenters. The first-order chi connectivity index (χ1) is 8.26. The maximum absolute atomic E-state index is 9.13. The van der Waals surface area contributed by atoms with E-state index >= 15 is 0 Å². The summed E-state index contributed by atoms with van der Waals surface area (Å²) in [5.41, 5.74) is 2.41. The third kappa shape index (κ3) is 2.21. The molecule has 2 rings (SSSR count). The quantitative estimate of drug-likeness (QED) is 0.871. The Morgan fingerprint density at radius 3 is 2.88 bits per heavy atom. The molecular weight excluding hydrogens is 210 g/mol. The highest BCUT2D eigenvalue weighted by Crippen LogP contribution is 2.26. The van der Waals surface area contributed by atoms with Gasteiger partial charge in [-0.05, 0) is 19.4 Å². The second kappa shape index (κ2) is 4.84. The van der Waals surface area contributed by atoms with Crippen LogP contribution in [0, 0.1) is 11.3 Å². The smallest absolute Gasteiger partial charge is 0.103 e. The maximum atomic E-state index is 9.13. The number of hydrogen-bond donors (Lipinski definition) is 1. The van der Waals surface area contributed by atoms with Crippen LogP contribution in [0.15, 0.2) is 30.5 Å². The molecule has 86 valence electrons. The summed E-state index contributed by atoms with van der Waals surface area (Å²) >= 11 is 0. The van der Waals surface area contributed by atoms with Crippen LogP contribution in [0.3, 0.4) is 0 Å². The molecule has 0 fully saturated rings. The minimum atomic E-state index is 0.341. The van der Waals surface area contributed by atoms with Gasteiger partial charge in [-0.2, -0.15) is 5.26 Å². The lowest BCUT2D eigenvalue weighted by atomic mass is 10.1. The zero-order valence-corrected chi connectivity index (χ0v) is 10.1. The predicted molar refractivity (Wildman–Crippen MR) is 69.8 cm³/mol. The fourth-order valence-corrected chi connectivity index (χ4v) is 1.73. The lowest BCUT2D eigenvalue weighted by Crippen LogP contribution is -2.14. The summed E-state index contributed by atoms with van der Waals surface area (Å²) in [5, 5.41) is 13.5. The van der Waals surface area contributed by atoms with Gasteiger partial charge >= 0.3 is 0 Å². The zero-order chi connectivity index (χ0) is 12.3. The number of nitrogens with zero attached hydrogens (tertiary/aromatic N) is 2. The number of fused-ring (bicyclic) bond motifs is 1. The Morgan fingerprint density at radius 2 is 2.18 bits per heavy atom. The summed E-state index contributed by atoms with van der Waals surface area (Å²) in [6, 6.07) is 10.4. The molecule has 0 aliphatic rings. The number of benzene rings is 1. The van der Waals surface area contributed by atoms with Crippen molar-refractivity contribution in [2.45, 2.75) is 26.3 Å². The highest BCUT2D eigenvalue weighted by Gasteiger charge is 2.09. The fourth-order valence-electron chi connectivity index (χ4n) is 1.73. The number of hydrogen-bond acceptors (Lipinski definition) is 3. The molecule has 0 aliphatic heterocycles. The van der Waals surface area contributed by atoms with Gasteiger partial charge in [0.05, 0.1) is 16.8 Å². The Kier molecular flexibility index (Phi) is 3.24. The van der Waals surface area contributed by atoms with E-state index in [9.17, 15) is 0 Å². The van der Waals surface area contributed by atoms with Crippen molar-refractivity contribution in [3.63, 3.8) is 0 Å². The molecule has 0 spiro atoms. The van der Waals surface area contributed by atoms with E-state index in [4.69, 9.17) is 5.26 Å². The van der Waals surface area contributed by atoms with Crippen LogP contribution in [0.25, 0.3) is 10.9 Å². The lowest BCUT2D eigenvalue weighted by molar-refractivity contribution is 0.764. The van der Waals surface area contributed by atoms with Gasteiger partial charge in [0.15, 0.2) is 0 Å². The number of rotatable bonds is 3. The van der Waals surface area contributed by atoms with Crippen LogP contribution in [0.2, 0.25) is 0 Å². The van der Waals surface area contributed by atoms with Crippen LogP contribution in [-0.2, 0) is 0 Å². The van der Waals surface area contributed by atoms with Crippen LogP contribution in [0.5, 0.6) is 0 Å². The van der Waals surface area contributed by atoms with E-state index in [0.717, 1.165) is 23.0 Å². The molecule has 1 aromatic carbocycles. The molecule has 1 aromatic heterocycles. The van der Waals surface area contributed by atoms with Crippen molar-refractivity contribution in [3.05, 3.63) is 36.0 Å². The minimum Gasteiger partial charge on any atom is -0.381 e. The Hall–Kier alpha value is -2.08. The molecule has 1 heterocycles. The van der Waals surface area contributed by atoms with Gasteiger partial charge in [0.25, 0.3) is 0 Å². The zero-order valence-electron chi connectivity index (χ0n) is 10.1. The van der Waals surface area contributed by atoms with Crippen molar-refractivity contribution < 1.29 is 0 Å². The van der Waals surface area contributed by atoms with Gasteiger partial charge in [-0.15, -0.1) is 0 Å². The minimum absolute atomic E-state index is 0.341. The van der Waals surface area contributed by atoms with E-state index in [1.807, 2.05) is 24.3 Å². The van der Waals surface area contributed by atoms with E-state index in [-0.39, 0.29) is 0 Å². The second-order valence-electron chi connectivity index (χ2n) is 4.13. The van der Waals surface area contributed by atoms with Gasteiger partial charge in [-0.25, -0.2) is 0 Å². The first-order valence-corrected chi connectivity index (χ1v) is 5.80. The van der Waals surface area contributed by atoms with E-state index in [2.05, 4.69) is 30.2 Å². The van der Waals surface area contributed by atoms with Crippen molar-refractivity contribution in [2.75, 3.05) is 5.32 Å². The van der Waals surface area contributed by atoms with Crippen molar-refractivity contribution in [1.29, 1.82) is 5.26 Å². The topological polar surface area (TPSA) is 48.7 Å². The number of nitriles is 1. The number of anilines is 1. The number of para-hydroxylation sites is 1. The highest BCUT2D eigenvalue weighted by atomic mass is 14.9. The summed E-state index contributed by atoms with van der Waals surface area (Å²) in [7, 11) is 0. The van der Waals surface area contributed by atoms with Gasteiger partial charge in [-0.1, -0.05) is 25.1 Å². The Morgan fingerprint density at radius 1 is 1.41 bits per heavy atom. The summed E-state index contributed by atoms with van der Waals surface area (Å²) in [5.74, 6) is 0. The Balaban J connectivity index is 2.60. The van der Waals surface area contributed by atoms with Gasteiger partial charge in [0.2, 0.25) is 0 Å². The molecule has 3 heteroatoms. The largest absolute Gasteiger partial charge is 0.381 e. The molecular formula is C14H15N3. The summed E-state index contributed by atoms with van der Waals surface area (Å²) in [6.07, 6.45) is 2.65. The summed E-state index contributed by atoms with van der Waals surface area (Å²) < 4.78 is 0. The molecule has 0 aliphatic carbocycles. The van der Waals surface area contributed by atoms with Gasteiger partial charge in [-0.3, -0.25) is 4.98 Å². The van der Waals surface area contributed by atoms with Crippen molar-refractivity contribution in [1.82, 2.24) is 4.98 Å². The molecule has 0 saturated heterocycles. The molecule has 0 bridgehead atoms. The van der Waals surface area contributed by atoms with Crippen LogP contribution in [-0.4, -0.2) is 11.0 Å². The molecule has 0 unspecified atom stereocenters. The van der Waals surface area contributed by atoms with Crippen LogP contribution < -0.4 is 5.32 Å². The van der Waals surface area contributed by atoms with Crippen molar-refractivity contribution >= 4 is 16.6 Å². The first-order valence-electron chi connectivity index (χ1n) is 5.80. The van der Waals surface area contributed by atoms with Crippen LogP contribution >= 0.6 is 0 Å². The average molecular weight is 225 g/mol. The Labute approximate surface area is 101 Å². The van der Waals surface area contributed by atoms with Crippen molar-refractivity contribution in [3.8, 4) is 6.07 Å². The van der Waals surface area contributed by atoms with Crippen LogP contribution in [0.1, 0.15) is 25.8 Å². The molecule has 0 saturated carbocycles. The van der Waals surface area contributed by atoms with E-state index in [1.54, 1.807) is 6.20 Å². The molecule has 3 nitrogen and oxygen atoms in total. The first kappa shape index (κ1) is 11.4. The fraction of sp³-hybridized carbons (Fsp3) is 0.286. The summed E-state index contributed by atoms with van der Waals surface area (Å²) in [4.78, 5) is 4.28. The molecule has 1 N–H and O–H groups in total. The second-order valence-corrected chi connectivity index (χ2v) is 4.13. The van der Waals surface area contributed by atoms with Gasteiger partial charge in [0, 0.05) is 17.6 Å². The number of pyridine rings is 1. The molecule has 17 heavy (non-hydrogen) atoms. The Bertz CT molecular complexity index is 569. The molecule has 2 aromatic rings. The van der Waals surface area contributed by atoms with Gasteiger partial charge in [0.1, 0.15) is 6.07 Å².